The van der Waals surface area contributed by atoms with Gasteiger partial charge in [0.1, 0.15) is 5.69 Å². The van der Waals surface area contributed by atoms with Crippen LogP contribution in [-0.2, 0) is 6.54 Å². The van der Waals surface area contributed by atoms with Crippen molar-refractivity contribution in [2.24, 2.45) is 11.0 Å². The van der Waals surface area contributed by atoms with Gasteiger partial charge >= 0.3 is 0 Å². The number of pyridine rings is 1. The summed E-state index contributed by atoms with van der Waals surface area (Å²) in [6.45, 7) is 3.09. The minimum Gasteiger partial charge on any atom is -0.299 e. The molecule has 5 nitrogen and oxygen atoms in total. The van der Waals surface area contributed by atoms with Crippen molar-refractivity contribution in [2.75, 3.05) is 13.1 Å². The topological polar surface area (TPSA) is 57.6 Å². The van der Waals surface area contributed by atoms with Gasteiger partial charge in [0.2, 0.25) is 0 Å². The Bertz CT molecular complexity index is 963. The molecule has 3 aromatic rings. The maximum atomic E-state index is 12.3. The summed E-state index contributed by atoms with van der Waals surface area (Å²) in [5.41, 5.74) is 5.16. The fraction of sp³-hybridized carbons (Fsp3) is 0.261. The summed E-state index contributed by atoms with van der Waals surface area (Å²) >= 11 is 0. The summed E-state index contributed by atoms with van der Waals surface area (Å²) in [6.07, 6.45) is 3.99. The molecule has 1 aromatic heterocycles. The second-order valence-corrected chi connectivity index (χ2v) is 7.21. The molecule has 1 aliphatic rings. The van der Waals surface area contributed by atoms with Gasteiger partial charge in [-0.1, -0.05) is 54.6 Å². The number of fused-ring (bicyclic) bond motifs is 1. The maximum absolute atomic E-state index is 12.3. The first-order chi connectivity index (χ1) is 13.8. The van der Waals surface area contributed by atoms with Gasteiger partial charge in [0, 0.05) is 18.1 Å². The highest BCUT2D eigenvalue weighted by Crippen LogP contribution is 2.17. The van der Waals surface area contributed by atoms with Crippen molar-refractivity contribution in [3.8, 4) is 0 Å². The number of likely N-dealkylation sites (tertiary alicyclic amines) is 1. The van der Waals surface area contributed by atoms with Crippen LogP contribution in [0.4, 0.5) is 0 Å². The lowest BCUT2D eigenvalue weighted by Gasteiger charge is -2.30. The Hall–Kier alpha value is -3.05. The molecule has 28 heavy (non-hydrogen) atoms. The number of benzene rings is 2. The molecule has 5 heteroatoms. The van der Waals surface area contributed by atoms with E-state index in [2.05, 4.69) is 44.7 Å². The second kappa shape index (κ2) is 8.76. The van der Waals surface area contributed by atoms with E-state index in [1.54, 1.807) is 6.07 Å². The van der Waals surface area contributed by atoms with Gasteiger partial charge in [-0.05, 0) is 49.5 Å². The average molecular weight is 372 g/mol. The number of hydrogen-bond acceptors (Lipinski definition) is 4. The number of amides is 1. The number of hydrogen-bond donors (Lipinski definition) is 1. The number of piperidine rings is 1. The van der Waals surface area contributed by atoms with E-state index in [-0.39, 0.29) is 5.91 Å². The monoisotopic (exact) mass is 372 g/mol. The standard InChI is InChI=1S/C23H24N4O/c28-23(22-11-10-20-8-4-5-9-21(20)25-22)26-24-16-18-12-14-27(15-13-18)17-19-6-2-1-3-7-19/h1-11,16,18H,12-15,17H2,(H,26,28)/b24-16+. The van der Waals surface area contributed by atoms with Crippen LogP contribution in [-0.4, -0.2) is 35.1 Å². The van der Waals surface area contributed by atoms with Crippen LogP contribution in [0.5, 0.6) is 0 Å². The van der Waals surface area contributed by atoms with Crippen molar-refractivity contribution in [1.29, 1.82) is 0 Å². The van der Waals surface area contributed by atoms with Crippen LogP contribution >= 0.6 is 0 Å². The Balaban J connectivity index is 1.26. The third-order valence-electron chi connectivity index (χ3n) is 5.16. The van der Waals surface area contributed by atoms with Crippen LogP contribution in [0, 0.1) is 5.92 Å². The number of aromatic nitrogens is 1. The van der Waals surface area contributed by atoms with Crippen LogP contribution in [0.3, 0.4) is 0 Å². The highest BCUT2D eigenvalue weighted by Gasteiger charge is 2.18. The van der Waals surface area contributed by atoms with E-state index < -0.39 is 0 Å². The number of para-hydroxylation sites is 1. The molecule has 0 unspecified atom stereocenters. The molecular formula is C23H24N4O. The van der Waals surface area contributed by atoms with Gasteiger partial charge in [0.05, 0.1) is 5.52 Å². The van der Waals surface area contributed by atoms with E-state index in [0.29, 0.717) is 11.6 Å². The van der Waals surface area contributed by atoms with Gasteiger partial charge in [0.15, 0.2) is 0 Å². The van der Waals surface area contributed by atoms with Gasteiger partial charge in [-0.25, -0.2) is 10.4 Å². The van der Waals surface area contributed by atoms with Crippen molar-refractivity contribution in [3.05, 3.63) is 78.0 Å². The van der Waals surface area contributed by atoms with Crippen molar-refractivity contribution in [1.82, 2.24) is 15.3 Å². The molecule has 0 atom stereocenters. The van der Waals surface area contributed by atoms with E-state index >= 15 is 0 Å². The third kappa shape index (κ3) is 4.61. The van der Waals surface area contributed by atoms with E-state index in [9.17, 15) is 4.79 Å². The minimum absolute atomic E-state index is 0.275. The van der Waals surface area contributed by atoms with Gasteiger partial charge in [-0.2, -0.15) is 5.10 Å². The molecule has 1 amide bonds. The summed E-state index contributed by atoms with van der Waals surface area (Å²) in [5, 5.41) is 5.20. The zero-order chi connectivity index (χ0) is 19.2. The number of carbonyl (C=O) groups excluding carboxylic acids is 1. The molecule has 0 radical (unpaired) electrons. The highest BCUT2D eigenvalue weighted by atomic mass is 16.2. The van der Waals surface area contributed by atoms with Gasteiger partial charge in [-0.3, -0.25) is 9.69 Å². The molecule has 0 spiro atoms. The van der Waals surface area contributed by atoms with Gasteiger partial charge in [0.25, 0.3) is 5.91 Å². The fourth-order valence-electron chi connectivity index (χ4n) is 3.55. The van der Waals surface area contributed by atoms with Crippen molar-refractivity contribution >= 4 is 23.0 Å². The quantitative estimate of drug-likeness (QED) is 0.546. The summed E-state index contributed by atoms with van der Waals surface area (Å²) in [6, 6.07) is 22.0. The Morgan fingerprint density at radius 1 is 1.04 bits per heavy atom. The van der Waals surface area contributed by atoms with Crippen LogP contribution in [0.1, 0.15) is 28.9 Å². The zero-order valence-electron chi connectivity index (χ0n) is 15.8. The molecule has 0 saturated carbocycles. The number of nitrogens with zero attached hydrogens (tertiary/aromatic N) is 3. The molecule has 1 saturated heterocycles. The Labute approximate surface area is 165 Å². The van der Waals surface area contributed by atoms with E-state index in [4.69, 9.17) is 0 Å². The Kier molecular flexibility index (Phi) is 5.73. The van der Waals surface area contributed by atoms with Crippen molar-refractivity contribution < 1.29 is 4.79 Å². The van der Waals surface area contributed by atoms with E-state index in [0.717, 1.165) is 43.4 Å². The predicted molar refractivity (Wildman–Crippen MR) is 112 cm³/mol. The smallest absolute Gasteiger partial charge is 0.289 e. The third-order valence-corrected chi connectivity index (χ3v) is 5.16. The molecule has 0 aliphatic carbocycles. The zero-order valence-corrected chi connectivity index (χ0v) is 15.8. The summed E-state index contributed by atoms with van der Waals surface area (Å²) in [5.74, 6) is 0.125. The molecule has 142 valence electrons. The van der Waals surface area contributed by atoms with E-state index in [1.165, 1.54) is 5.56 Å². The van der Waals surface area contributed by atoms with Crippen LogP contribution in [0.25, 0.3) is 10.9 Å². The second-order valence-electron chi connectivity index (χ2n) is 7.21. The largest absolute Gasteiger partial charge is 0.299 e. The number of nitrogens with one attached hydrogen (secondary N) is 1. The maximum Gasteiger partial charge on any atom is 0.289 e. The lowest BCUT2D eigenvalue weighted by atomic mass is 9.98. The number of rotatable bonds is 5. The average Bonchev–Trinajstić information content (AvgIpc) is 2.75. The summed E-state index contributed by atoms with van der Waals surface area (Å²) in [7, 11) is 0. The first kappa shape index (κ1) is 18.3. The molecule has 2 aromatic carbocycles. The highest BCUT2D eigenvalue weighted by molar-refractivity contribution is 5.95. The Morgan fingerprint density at radius 2 is 1.79 bits per heavy atom. The summed E-state index contributed by atoms with van der Waals surface area (Å²) < 4.78 is 0. The molecule has 1 fully saturated rings. The predicted octanol–water partition coefficient (Wildman–Crippen LogP) is 3.86. The number of hydrazone groups is 1. The normalized spacial score (nSPS) is 15.9. The molecule has 1 aliphatic heterocycles. The molecule has 0 bridgehead atoms. The molecule has 2 heterocycles. The first-order valence-electron chi connectivity index (χ1n) is 9.73. The van der Waals surface area contributed by atoms with Gasteiger partial charge in [-0.15, -0.1) is 0 Å². The van der Waals surface area contributed by atoms with Gasteiger partial charge < -0.3 is 0 Å². The van der Waals surface area contributed by atoms with Crippen molar-refractivity contribution in [2.45, 2.75) is 19.4 Å². The SMILES string of the molecule is O=C(N/N=C/C1CCN(Cc2ccccc2)CC1)c1ccc2ccccc2n1. The molecular weight excluding hydrogens is 348 g/mol. The van der Waals surface area contributed by atoms with E-state index in [1.807, 2.05) is 42.6 Å². The molecule has 1 N–H and O–H groups in total. The first-order valence-corrected chi connectivity index (χ1v) is 9.73. The lowest BCUT2D eigenvalue weighted by Crippen LogP contribution is -2.34. The van der Waals surface area contributed by atoms with Crippen molar-refractivity contribution in [3.63, 3.8) is 0 Å². The lowest BCUT2D eigenvalue weighted by molar-refractivity contribution is 0.0950. The molecule has 4 rings (SSSR count). The van der Waals surface area contributed by atoms with Crippen LogP contribution in [0.2, 0.25) is 0 Å². The summed E-state index contributed by atoms with van der Waals surface area (Å²) in [4.78, 5) is 19.2. The minimum atomic E-state index is -0.275. The number of carbonyl (C=O) groups is 1. The van der Waals surface area contributed by atoms with Crippen LogP contribution < -0.4 is 5.43 Å². The van der Waals surface area contributed by atoms with Crippen LogP contribution in [0.15, 0.2) is 71.8 Å². The fourth-order valence-corrected chi connectivity index (χ4v) is 3.55. The Morgan fingerprint density at radius 3 is 2.61 bits per heavy atom.